The average molecular weight is 236 g/mol. The first-order valence-corrected chi connectivity index (χ1v) is 6.13. The molecule has 2 atom stereocenters. The third-order valence-corrected chi connectivity index (χ3v) is 3.32. The van der Waals surface area contributed by atoms with Crippen molar-refractivity contribution < 1.29 is 5.11 Å². The summed E-state index contributed by atoms with van der Waals surface area (Å²) in [6.45, 7) is 2.13. The molecule has 0 spiro atoms. The van der Waals surface area contributed by atoms with Gasteiger partial charge in [-0.25, -0.2) is 9.97 Å². The summed E-state index contributed by atoms with van der Waals surface area (Å²) in [5.41, 5.74) is 0. The number of rotatable bonds is 4. The molecule has 2 unspecified atom stereocenters. The third kappa shape index (κ3) is 2.85. The highest BCUT2D eigenvalue weighted by Crippen LogP contribution is 2.28. The van der Waals surface area contributed by atoms with E-state index in [4.69, 9.17) is 0 Å². The highest BCUT2D eigenvalue weighted by molar-refractivity contribution is 5.47. The largest absolute Gasteiger partial charge is 0.396 e. The first-order valence-electron chi connectivity index (χ1n) is 6.13. The fourth-order valence-corrected chi connectivity index (χ4v) is 2.41. The number of hydrogen-bond donors (Lipinski definition) is 3. The summed E-state index contributed by atoms with van der Waals surface area (Å²) in [5.74, 6) is 2.76. The molecule has 0 bridgehead atoms. The molecular formula is C12H20N4O. The van der Waals surface area contributed by atoms with Crippen molar-refractivity contribution >= 4 is 11.6 Å². The van der Waals surface area contributed by atoms with E-state index in [1.807, 2.05) is 20.0 Å². The van der Waals surface area contributed by atoms with Gasteiger partial charge in [-0.1, -0.05) is 6.42 Å². The molecule has 5 nitrogen and oxygen atoms in total. The normalized spacial score (nSPS) is 23.7. The van der Waals surface area contributed by atoms with Crippen LogP contribution >= 0.6 is 0 Å². The highest BCUT2D eigenvalue weighted by atomic mass is 16.3. The fraction of sp³-hybridized carbons (Fsp3) is 0.667. The summed E-state index contributed by atoms with van der Waals surface area (Å²) in [6.07, 6.45) is 3.37. The monoisotopic (exact) mass is 236 g/mol. The number of hydrogen-bond acceptors (Lipinski definition) is 5. The summed E-state index contributed by atoms with van der Waals surface area (Å²) in [6, 6.07) is 2.23. The van der Waals surface area contributed by atoms with E-state index < -0.39 is 0 Å². The van der Waals surface area contributed by atoms with Crippen LogP contribution in [0.15, 0.2) is 6.07 Å². The van der Waals surface area contributed by atoms with Gasteiger partial charge in [-0.05, 0) is 19.8 Å². The van der Waals surface area contributed by atoms with Crippen molar-refractivity contribution in [3.8, 4) is 0 Å². The highest BCUT2D eigenvalue weighted by Gasteiger charge is 2.26. The van der Waals surface area contributed by atoms with E-state index in [-0.39, 0.29) is 6.61 Å². The molecular weight excluding hydrogens is 216 g/mol. The van der Waals surface area contributed by atoms with Gasteiger partial charge < -0.3 is 15.7 Å². The predicted octanol–water partition coefficient (Wildman–Crippen LogP) is 1.40. The Hall–Kier alpha value is -1.36. The maximum absolute atomic E-state index is 9.28. The van der Waals surface area contributed by atoms with Crippen LogP contribution in [-0.2, 0) is 0 Å². The molecule has 5 heteroatoms. The molecule has 2 rings (SSSR count). The molecule has 0 aliphatic heterocycles. The second-order valence-corrected chi connectivity index (χ2v) is 4.56. The molecule has 1 aromatic heterocycles. The molecule has 1 aromatic rings. The number of aromatic nitrogens is 2. The maximum Gasteiger partial charge on any atom is 0.132 e. The van der Waals surface area contributed by atoms with Crippen LogP contribution in [0.4, 0.5) is 11.6 Å². The molecule has 0 radical (unpaired) electrons. The Balaban J connectivity index is 2.09. The zero-order valence-electron chi connectivity index (χ0n) is 10.4. The van der Waals surface area contributed by atoms with E-state index in [1.54, 1.807) is 0 Å². The van der Waals surface area contributed by atoms with Crippen LogP contribution in [0.25, 0.3) is 0 Å². The van der Waals surface area contributed by atoms with Gasteiger partial charge in [0.25, 0.3) is 0 Å². The molecule has 1 aliphatic rings. The van der Waals surface area contributed by atoms with Crippen molar-refractivity contribution in [1.29, 1.82) is 0 Å². The lowest BCUT2D eigenvalue weighted by molar-refractivity contribution is 0.222. The molecule has 94 valence electrons. The van der Waals surface area contributed by atoms with Crippen LogP contribution in [0, 0.1) is 12.8 Å². The molecule has 1 heterocycles. The first-order chi connectivity index (χ1) is 8.22. The smallest absolute Gasteiger partial charge is 0.132 e. The second-order valence-electron chi connectivity index (χ2n) is 4.56. The quantitative estimate of drug-likeness (QED) is 0.737. The Morgan fingerprint density at radius 2 is 2.12 bits per heavy atom. The number of aliphatic hydroxyl groups is 1. The second kappa shape index (κ2) is 5.31. The number of aliphatic hydroxyl groups excluding tert-OH is 1. The standard InChI is InChI=1S/C12H20N4O/c1-8-14-11(13-2)6-12(15-8)16-10-5-3-4-9(10)7-17/h6,9-10,17H,3-5,7H2,1-2H3,(H2,13,14,15,16). The number of anilines is 2. The van der Waals surface area contributed by atoms with Crippen molar-refractivity contribution in [3.05, 3.63) is 11.9 Å². The molecule has 0 saturated heterocycles. The Labute approximate surface area is 102 Å². The summed E-state index contributed by atoms with van der Waals surface area (Å²) in [7, 11) is 1.84. The van der Waals surface area contributed by atoms with Gasteiger partial charge in [-0.3, -0.25) is 0 Å². The maximum atomic E-state index is 9.28. The van der Waals surface area contributed by atoms with E-state index in [0.29, 0.717) is 12.0 Å². The van der Waals surface area contributed by atoms with Crippen LogP contribution < -0.4 is 10.6 Å². The topological polar surface area (TPSA) is 70.1 Å². The summed E-state index contributed by atoms with van der Waals surface area (Å²) < 4.78 is 0. The van der Waals surface area contributed by atoms with Crippen LogP contribution in [0.3, 0.4) is 0 Å². The van der Waals surface area contributed by atoms with Gasteiger partial charge >= 0.3 is 0 Å². The predicted molar refractivity (Wildman–Crippen MR) is 68.2 cm³/mol. The van der Waals surface area contributed by atoms with Crippen LogP contribution in [0.5, 0.6) is 0 Å². The summed E-state index contributed by atoms with van der Waals surface area (Å²) in [5, 5.41) is 15.7. The van der Waals surface area contributed by atoms with Gasteiger partial charge in [-0.2, -0.15) is 0 Å². The third-order valence-electron chi connectivity index (χ3n) is 3.32. The van der Waals surface area contributed by atoms with E-state index in [9.17, 15) is 5.11 Å². The average Bonchev–Trinajstić information content (AvgIpc) is 2.75. The van der Waals surface area contributed by atoms with Gasteiger partial charge in [0.1, 0.15) is 17.5 Å². The Morgan fingerprint density at radius 3 is 2.82 bits per heavy atom. The minimum Gasteiger partial charge on any atom is -0.396 e. The van der Waals surface area contributed by atoms with Crippen molar-refractivity contribution in [3.63, 3.8) is 0 Å². The van der Waals surface area contributed by atoms with Gasteiger partial charge in [0, 0.05) is 31.7 Å². The zero-order valence-corrected chi connectivity index (χ0v) is 10.4. The van der Waals surface area contributed by atoms with Gasteiger partial charge in [0.15, 0.2) is 0 Å². The fourth-order valence-electron chi connectivity index (χ4n) is 2.41. The zero-order chi connectivity index (χ0) is 12.3. The van der Waals surface area contributed by atoms with Gasteiger partial charge in [-0.15, -0.1) is 0 Å². The lowest BCUT2D eigenvalue weighted by Crippen LogP contribution is -2.27. The van der Waals surface area contributed by atoms with Crippen LogP contribution in [0.1, 0.15) is 25.1 Å². The minimum absolute atomic E-state index is 0.251. The lowest BCUT2D eigenvalue weighted by Gasteiger charge is -2.20. The minimum atomic E-state index is 0.251. The SMILES string of the molecule is CNc1cc(NC2CCCC2CO)nc(C)n1. The Kier molecular flexibility index (Phi) is 3.78. The molecule has 0 amide bonds. The molecule has 3 N–H and O–H groups in total. The van der Waals surface area contributed by atoms with E-state index in [1.165, 1.54) is 6.42 Å². The van der Waals surface area contributed by atoms with E-state index >= 15 is 0 Å². The van der Waals surface area contributed by atoms with Crippen molar-refractivity contribution in [1.82, 2.24) is 9.97 Å². The van der Waals surface area contributed by atoms with Gasteiger partial charge in [0.2, 0.25) is 0 Å². The first kappa shape index (κ1) is 12.1. The molecule has 1 saturated carbocycles. The van der Waals surface area contributed by atoms with E-state index in [0.717, 1.165) is 30.3 Å². The molecule has 1 aliphatic carbocycles. The van der Waals surface area contributed by atoms with Crippen molar-refractivity contribution in [2.75, 3.05) is 24.3 Å². The van der Waals surface area contributed by atoms with E-state index in [2.05, 4.69) is 20.6 Å². The lowest BCUT2D eigenvalue weighted by atomic mass is 10.1. The molecule has 1 fully saturated rings. The number of nitrogens with one attached hydrogen (secondary N) is 2. The number of nitrogens with zero attached hydrogens (tertiary/aromatic N) is 2. The Morgan fingerprint density at radius 1 is 1.35 bits per heavy atom. The molecule has 17 heavy (non-hydrogen) atoms. The summed E-state index contributed by atoms with van der Waals surface area (Å²) in [4.78, 5) is 8.62. The van der Waals surface area contributed by atoms with Crippen molar-refractivity contribution in [2.45, 2.75) is 32.2 Å². The number of aryl methyl sites for hydroxylation is 1. The van der Waals surface area contributed by atoms with Crippen LogP contribution in [-0.4, -0.2) is 34.8 Å². The van der Waals surface area contributed by atoms with Crippen molar-refractivity contribution in [2.24, 2.45) is 5.92 Å². The summed E-state index contributed by atoms with van der Waals surface area (Å²) >= 11 is 0. The molecule has 0 aromatic carbocycles. The van der Waals surface area contributed by atoms with Crippen LogP contribution in [0.2, 0.25) is 0 Å². The Bertz CT molecular complexity index is 383. The van der Waals surface area contributed by atoms with Gasteiger partial charge in [0.05, 0.1) is 0 Å².